The Bertz CT molecular complexity index is 144. The molecule has 11 heavy (non-hydrogen) atoms. The van der Waals surface area contributed by atoms with Crippen molar-refractivity contribution in [3.05, 3.63) is 12.2 Å². The Hall–Kier alpha value is -0.340. The highest BCUT2D eigenvalue weighted by Gasteiger charge is 2.21. The Kier molecular flexibility index (Phi) is 3.09. The minimum Gasteiger partial charge on any atom is -0.377 e. The molecule has 1 rings (SSSR count). The first kappa shape index (κ1) is 8.75. The summed E-state index contributed by atoms with van der Waals surface area (Å²) in [6.45, 7) is 6.02. The maximum Gasteiger partial charge on any atom is 0.0737 e. The maximum atomic E-state index is 5.50. The van der Waals surface area contributed by atoms with Crippen molar-refractivity contribution in [2.24, 2.45) is 0 Å². The van der Waals surface area contributed by atoms with Crippen molar-refractivity contribution in [3.63, 3.8) is 0 Å². The molecule has 2 atom stereocenters. The first-order valence-corrected chi connectivity index (χ1v) is 4.24. The molecule has 2 heteroatoms. The van der Waals surface area contributed by atoms with Crippen molar-refractivity contribution in [2.75, 3.05) is 20.2 Å². The molecule has 1 aliphatic heterocycles. The molecule has 0 aromatic carbocycles. The van der Waals surface area contributed by atoms with E-state index in [1.54, 1.807) is 0 Å². The largest absolute Gasteiger partial charge is 0.377 e. The van der Waals surface area contributed by atoms with Crippen LogP contribution in [0, 0.1) is 0 Å². The third kappa shape index (κ3) is 2.04. The SMILES string of the molecule is CCO[C@@H](C)[C@@H]1C=CCN1C. The van der Waals surface area contributed by atoms with Crippen LogP contribution in [-0.4, -0.2) is 37.2 Å². The highest BCUT2D eigenvalue weighted by atomic mass is 16.5. The zero-order valence-electron chi connectivity index (χ0n) is 7.58. The molecule has 0 spiro atoms. The van der Waals surface area contributed by atoms with Crippen molar-refractivity contribution in [1.82, 2.24) is 4.90 Å². The Balaban J connectivity index is 2.39. The van der Waals surface area contributed by atoms with E-state index in [9.17, 15) is 0 Å². The van der Waals surface area contributed by atoms with E-state index in [-0.39, 0.29) is 0 Å². The predicted molar refractivity (Wildman–Crippen MR) is 46.6 cm³/mol. The monoisotopic (exact) mass is 155 g/mol. The summed E-state index contributed by atoms with van der Waals surface area (Å²) < 4.78 is 5.50. The molecule has 0 unspecified atom stereocenters. The lowest BCUT2D eigenvalue weighted by molar-refractivity contribution is 0.0340. The lowest BCUT2D eigenvalue weighted by atomic mass is 10.2. The molecular weight excluding hydrogens is 138 g/mol. The van der Waals surface area contributed by atoms with Gasteiger partial charge in [0.25, 0.3) is 0 Å². The van der Waals surface area contributed by atoms with Gasteiger partial charge in [0.15, 0.2) is 0 Å². The standard InChI is InChI=1S/C9H17NO/c1-4-11-8(2)9-6-5-7-10(9)3/h5-6,8-9H,4,7H2,1-3H3/t8-,9-/m0/s1. The number of hydrogen-bond donors (Lipinski definition) is 0. The second-order valence-electron chi connectivity index (χ2n) is 3.02. The molecule has 0 bridgehead atoms. The molecule has 0 aromatic rings. The molecule has 0 fully saturated rings. The highest BCUT2D eigenvalue weighted by Crippen LogP contribution is 2.12. The second-order valence-corrected chi connectivity index (χ2v) is 3.02. The predicted octanol–water partition coefficient (Wildman–Crippen LogP) is 1.28. The van der Waals surface area contributed by atoms with Gasteiger partial charge in [0.05, 0.1) is 12.1 Å². The second kappa shape index (κ2) is 3.88. The van der Waals surface area contributed by atoms with Crippen LogP contribution in [0.2, 0.25) is 0 Å². The topological polar surface area (TPSA) is 12.5 Å². The van der Waals surface area contributed by atoms with Crippen LogP contribution < -0.4 is 0 Å². The van der Waals surface area contributed by atoms with E-state index in [4.69, 9.17) is 4.74 Å². The van der Waals surface area contributed by atoms with Crippen molar-refractivity contribution in [1.29, 1.82) is 0 Å². The summed E-state index contributed by atoms with van der Waals surface area (Å²) in [5.41, 5.74) is 0. The normalized spacial score (nSPS) is 27.7. The summed E-state index contributed by atoms with van der Waals surface area (Å²) in [6, 6.07) is 0.481. The number of hydrogen-bond acceptors (Lipinski definition) is 2. The zero-order valence-corrected chi connectivity index (χ0v) is 7.58. The van der Waals surface area contributed by atoms with Gasteiger partial charge in [-0.25, -0.2) is 0 Å². The molecule has 2 nitrogen and oxygen atoms in total. The van der Waals surface area contributed by atoms with E-state index in [2.05, 4.69) is 31.0 Å². The van der Waals surface area contributed by atoms with E-state index >= 15 is 0 Å². The summed E-state index contributed by atoms with van der Waals surface area (Å²) >= 11 is 0. The van der Waals surface area contributed by atoms with Gasteiger partial charge in [0.2, 0.25) is 0 Å². The van der Waals surface area contributed by atoms with Gasteiger partial charge in [-0.3, -0.25) is 4.90 Å². The number of nitrogens with zero attached hydrogens (tertiary/aromatic N) is 1. The molecule has 1 aliphatic rings. The quantitative estimate of drug-likeness (QED) is 0.569. The van der Waals surface area contributed by atoms with Crippen LogP contribution in [0.25, 0.3) is 0 Å². The summed E-state index contributed by atoms with van der Waals surface area (Å²) in [5, 5.41) is 0. The molecule has 1 heterocycles. The summed E-state index contributed by atoms with van der Waals surface area (Å²) in [6.07, 6.45) is 4.74. The first-order chi connectivity index (χ1) is 5.25. The molecule has 0 aliphatic carbocycles. The van der Waals surface area contributed by atoms with Crippen LogP contribution in [0.3, 0.4) is 0 Å². The molecule has 0 N–H and O–H groups in total. The third-order valence-electron chi connectivity index (χ3n) is 2.15. The van der Waals surface area contributed by atoms with E-state index in [1.807, 2.05) is 6.92 Å². The molecular formula is C9H17NO. The van der Waals surface area contributed by atoms with Crippen molar-refractivity contribution < 1.29 is 4.74 Å². The Morgan fingerprint density at radius 1 is 1.73 bits per heavy atom. The van der Waals surface area contributed by atoms with Gasteiger partial charge >= 0.3 is 0 Å². The number of rotatable bonds is 3. The van der Waals surface area contributed by atoms with E-state index < -0.39 is 0 Å². The van der Waals surface area contributed by atoms with Crippen LogP contribution in [-0.2, 0) is 4.74 Å². The van der Waals surface area contributed by atoms with Crippen molar-refractivity contribution >= 4 is 0 Å². The van der Waals surface area contributed by atoms with E-state index in [0.717, 1.165) is 13.2 Å². The van der Waals surface area contributed by atoms with Crippen LogP contribution in [0.1, 0.15) is 13.8 Å². The Morgan fingerprint density at radius 3 is 2.91 bits per heavy atom. The molecule has 64 valence electrons. The smallest absolute Gasteiger partial charge is 0.0737 e. The minimum atomic E-state index is 0.323. The van der Waals surface area contributed by atoms with Gasteiger partial charge < -0.3 is 4.74 Å². The fourth-order valence-electron chi connectivity index (χ4n) is 1.51. The van der Waals surface area contributed by atoms with Crippen LogP contribution >= 0.6 is 0 Å². The summed E-state index contributed by atoms with van der Waals surface area (Å²) in [7, 11) is 2.13. The summed E-state index contributed by atoms with van der Waals surface area (Å²) in [5.74, 6) is 0. The molecule has 0 radical (unpaired) electrons. The minimum absolute atomic E-state index is 0.323. The van der Waals surface area contributed by atoms with Crippen LogP contribution in [0.4, 0.5) is 0 Å². The first-order valence-electron chi connectivity index (χ1n) is 4.24. The maximum absolute atomic E-state index is 5.50. The molecule has 0 saturated carbocycles. The zero-order chi connectivity index (χ0) is 8.27. The van der Waals surface area contributed by atoms with Crippen LogP contribution in [0.15, 0.2) is 12.2 Å². The van der Waals surface area contributed by atoms with Gasteiger partial charge in [0.1, 0.15) is 0 Å². The molecule has 0 aromatic heterocycles. The van der Waals surface area contributed by atoms with Crippen LogP contribution in [0.5, 0.6) is 0 Å². The van der Waals surface area contributed by atoms with Gasteiger partial charge in [-0.2, -0.15) is 0 Å². The van der Waals surface area contributed by atoms with E-state index in [0.29, 0.717) is 12.1 Å². The number of ether oxygens (including phenoxy) is 1. The number of likely N-dealkylation sites (N-methyl/N-ethyl adjacent to an activating group) is 1. The molecule has 0 saturated heterocycles. The van der Waals surface area contributed by atoms with Crippen molar-refractivity contribution in [3.8, 4) is 0 Å². The van der Waals surface area contributed by atoms with E-state index in [1.165, 1.54) is 0 Å². The Labute approximate surface area is 68.8 Å². The van der Waals surface area contributed by atoms with Gasteiger partial charge in [0, 0.05) is 13.2 Å². The average Bonchev–Trinajstić information content (AvgIpc) is 2.36. The Morgan fingerprint density at radius 2 is 2.45 bits per heavy atom. The fourth-order valence-corrected chi connectivity index (χ4v) is 1.51. The van der Waals surface area contributed by atoms with Gasteiger partial charge in [-0.15, -0.1) is 0 Å². The summed E-state index contributed by atoms with van der Waals surface area (Å²) in [4.78, 5) is 2.29. The molecule has 0 amide bonds. The fraction of sp³-hybridized carbons (Fsp3) is 0.778. The van der Waals surface area contributed by atoms with Crippen molar-refractivity contribution in [2.45, 2.75) is 26.0 Å². The van der Waals surface area contributed by atoms with Gasteiger partial charge in [-0.1, -0.05) is 12.2 Å². The third-order valence-corrected chi connectivity index (χ3v) is 2.15. The lowest BCUT2D eigenvalue weighted by Crippen LogP contribution is -2.36. The van der Waals surface area contributed by atoms with Gasteiger partial charge in [-0.05, 0) is 20.9 Å². The lowest BCUT2D eigenvalue weighted by Gasteiger charge is -2.25. The highest BCUT2D eigenvalue weighted by molar-refractivity contribution is 5.05. The average molecular weight is 155 g/mol.